The average Bonchev–Trinajstić information content (AvgIpc) is 2.43. The molecule has 104 valence electrons. The molecule has 0 atom stereocenters. The Morgan fingerprint density at radius 2 is 2.00 bits per heavy atom. The van der Waals surface area contributed by atoms with Gasteiger partial charge in [0.25, 0.3) is 5.91 Å². The molecule has 0 spiro atoms. The number of carbonyl (C=O) groups excluding carboxylic acids is 1. The molecule has 0 aliphatic heterocycles. The Hall–Kier alpha value is -2.07. The fourth-order valence-corrected chi connectivity index (χ4v) is 1.89. The number of hydrogen-bond donors (Lipinski definition) is 1. The minimum atomic E-state index is -0.251. The zero-order valence-corrected chi connectivity index (χ0v) is 12.4. The van der Waals surface area contributed by atoms with Crippen molar-refractivity contribution < 1.29 is 4.79 Å². The molecule has 0 saturated heterocycles. The lowest BCUT2D eigenvalue weighted by Crippen LogP contribution is -2.17. The molecule has 1 heterocycles. The van der Waals surface area contributed by atoms with E-state index in [9.17, 15) is 4.79 Å². The number of nitrogens with one attached hydrogen (secondary N) is 1. The largest absolute Gasteiger partial charge is 0.363 e. The van der Waals surface area contributed by atoms with Gasteiger partial charge in [-0.15, -0.1) is 0 Å². The topological polar surface area (TPSA) is 45.2 Å². The fourth-order valence-electron chi connectivity index (χ4n) is 1.71. The van der Waals surface area contributed by atoms with E-state index in [-0.39, 0.29) is 5.91 Å². The van der Waals surface area contributed by atoms with Gasteiger partial charge in [-0.1, -0.05) is 23.7 Å². The zero-order chi connectivity index (χ0) is 14.7. The van der Waals surface area contributed by atoms with Crippen molar-refractivity contribution in [2.45, 2.75) is 6.92 Å². The van der Waals surface area contributed by atoms with Crippen LogP contribution >= 0.6 is 11.6 Å². The number of carbonyl (C=O) groups is 1. The Bertz CT molecular complexity index is 641. The molecule has 20 heavy (non-hydrogen) atoms. The number of anilines is 2. The predicted octanol–water partition coefficient (Wildman–Crippen LogP) is 3.36. The summed E-state index contributed by atoms with van der Waals surface area (Å²) in [6.45, 7) is 1.91. The van der Waals surface area contributed by atoms with Gasteiger partial charge in [0, 0.05) is 24.8 Å². The highest BCUT2D eigenvalue weighted by atomic mass is 35.5. The SMILES string of the molecule is Cc1ccc(Cl)cc1NC(=O)c1cccc(N(C)C)n1. The van der Waals surface area contributed by atoms with Crippen LogP contribution in [0.5, 0.6) is 0 Å². The molecule has 1 aromatic heterocycles. The lowest BCUT2D eigenvalue weighted by Gasteiger charge is -2.13. The molecule has 0 saturated carbocycles. The number of amides is 1. The number of rotatable bonds is 3. The molecular weight excluding hydrogens is 274 g/mol. The van der Waals surface area contributed by atoms with E-state index in [1.807, 2.05) is 44.1 Å². The first-order valence-corrected chi connectivity index (χ1v) is 6.57. The Morgan fingerprint density at radius 3 is 2.70 bits per heavy atom. The van der Waals surface area contributed by atoms with Crippen molar-refractivity contribution in [3.05, 3.63) is 52.7 Å². The fraction of sp³-hybridized carbons (Fsp3) is 0.200. The lowest BCUT2D eigenvalue weighted by molar-refractivity contribution is 0.102. The average molecular weight is 290 g/mol. The minimum Gasteiger partial charge on any atom is -0.363 e. The smallest absolute Gasteiger partial charge is 0.274 e. The number of halogens is 1. The Morgan fingerprint density at radius 1 is 1.25 bits per heavy atom. The third-order valence-electron chi connectivity index (χ3n) is 2.87. The van der Waals surface area contributed by atoms with Crippen molar-refractivity contribution in [3.63, 3.8) is 0 Å². The second-order valence-corrected chi connectivity index (χ2v) is 5.13. The van der Waals surface area contributed by atoms with Crippen LogP contribution in [0.2, 0.25) is 5.02 Å². The maximum Gasteiger partial charge on any atom is 0.274 e. The Kier molecular flexibility index (Phi) is 4.25. The van der Waals surface area contributed by atoms with E-state index < -0.39 is 0 Å². The molecule has 1 amide bonds. The van der Waals surface area contributed by atoms with Gasteiger partial charge in [0.15, 0.2) is 0 Å². The van der Waals surface area contributed by atoms with Crippen molar-refractivity contribution in [1.82, 2.24) is 4.98 Å². The number of aryl methyl sites for hydroxylation is 1. The quantitative estimate of drug-likeness (QED) is 0.942. The Labute approximate surface area is 123 Å². The van der Waals surface area contributed by atoms with Gasteiger partial charge in [-0.3, -0.25) is 4.79 Å². The van der Waals surface area contributed by atoms with Crippen molar-refractivity contribution in [3.8, 4) is 0 Å². The highest BCUT2D eigenvalue weighted by Crippen LogP contribution is 2.21. The van der Waals surface area contributed by atoms with Crippen LogP contribution in [0, 0.1) is 6.92 Å². The van der Waals surface area contributed by atoms with Crippen LogP contribution in [0.4, 0.5) is 11.5 Å². The molecule has 0 aliphatic rings. The number of nitrogens with zero attached hydrogens (tertiary/aromatic N) is 2. The molecule has 5 heteroatoms. The number of pyridine rings is 1. The summed E-state index contributed by atoms with van der Waals surface area (Å²) in [7, 11) is 3.76. The van der Waals surface area contributed by atoms with E-state index in [2.05, 4.69) is 10.3 Å². The van der Waals surface area contributed by atoms with Crippen LogP contribution in [0.15, 0.2) is 36.4 Å². The van der Waals surface area contributed by atoms with E-state index in [1.54, 1.807) is 18.2 Å². The molecule has 2 rings (SSSR count). The van der Waals surface area contributed by atoms with Gasteiger partial charge < -0.3 is 10.2 Å². The Balaban J connectivity index is 2.24. The van der Waals surface area contributed by atoms with Gasteiger partial charge in [-0.2, -0.15) is 0 Å². The summed E-state index contributed by atoms with van der Waals surface area (Å²) in [5, 5.41) is 3.41. The number of benzene rings is 1. The summed E-state index contributed by atoms with van der Waals surface area (Å²) in [6, 6.07) is 10.7. The molecular formula is C15H16ClN3O. The van der Waals surface area contributed by atoms with Crippen LogP contribution < -0.4 is 10.2 Å². The monoisotopic (exact) mass is 289 g/mol. The maximum atomic E-state index is 12.2. The molecule has 1 aromatic carbocycles. The van der Waals surface area contributed by atoms with Gasteiger partial charge in [0.2, 0.25) is 0 Å². The summed E-state index contributed by atoms with van der Waals surface area (Å²) >= 11 is 5.94. The first kappa shape index (κ1) is 14.3. The van der Waals surface area contributed by atoms with Crippen molar-refractivity contribution >= 4 is 29.0 Å². The van der Waals surface area contributed by atoms with Gasteiger partial charge in [0.05, 0.1) is 0 Å². The zero-order valence-electron chi connectivity index (χ0n) is 11.6. The van der Waals surface area contributed by atoms with E-state index in [1.165, 1.54) is 0 Å². The van der Waals surface area contributed by atoms with E-state index in [4.69, 9.17) is 11.6 Å². The maximum absolute atomic E-state index is 12.2. The molecule has 0 fully saturated rings. The molecule has 2 aromatic rings. The van der Waals surface area contributed by atoms with Crippen LogP contribution in [-0.2, 0) is 0 Å². The molecule has 1 N–H and O–H groups in total. The van der Waals surface area contributed by atoms with Crippen LogP contribution in [0.3, 0.4) is 0 Å². The van der Waals surface area contributed by atoms with Crippen LogP contribution in [0.1, 0.15) is 16.1 Å². The molecule has 4 nitrogen and oxygen atoms in total. The molecule has 0 aliphatic carbocycles. The number of aromatic nitrogens is 1. The summed E-state index contributed by atoms with van der Waals surface area (Å²) in [6.07, 6.45) is 0. The predicted molar refractivity (Wildman–Crippen MR) is 82.7 cm³/mol. The summed E-state index contributed by atoms with van der Waals surface area (Å²) in [5.74, 6) is 0.486. The minimum absolute atomic E-state index is 0.251. The second kappa shape index (κ2) is 5.92. The number of hydrogen-bond acceptors (Lipinski definition) is 3. The van der Waals surface area contributed by atoms with Gasteiger partial charge in [0.1, 0.15) is 11.5 Å². The van der Waals surface area contributed by atoms with E-state index in [0.717, 1.165) is 11.4 Å². The van der Waals surface area contributed by atoms with Gasteiger partial charge in [-0.25, -0.2) is 4.98 Å². The summed E-state index contributed by atoms with van der Waals surface area (Å²) < 4.78 is 0. The second-order valence-electron chi connectivity index (χ2n) is 4.69. The van der Waals surface area contributed by atoms with Crippen molar-refractivity contribution in [2.75, 3.05) is 24.3 Å². The third-order valence-corrected chi connectivity index (χ3v) is 3.11. The molecule has 0 bridgehead atoms. The lowest BCUT2D eigenvalue weighted by atomic mass is 10.2. The summed E-state index contributed by atoms with van der Waals surface area (Å²) in [5.41, 5.74) is 2.02. The van der Waals surface area contributed by atoms with Gasteiger partial charge >= 0.3 is 0 Å². The normalized spacial score (nSPS) is 10.2. The standard InChI is InChI=1S/C15H16ClN3O/c1-10-7-8-11(16)9-13(10)18-15(20)12-5-4-6-14(17-12)19(2)3/h4-9H,1-3H3,(H,18,20). The van der Waals surface area contributed by atoms with E-state index in [0.29, 0.717) is 16.4 Å². The highest BCUT2D eigenvalue weighted by Gasteiger charge is 2.10. The van der Waals surface area contributed by atoms with Crippen molar-refractivity contribution in [1.29, 1.82) is 0 Å². The first-order chi connectivity index (χ1) is 9.47. The third kappa shape index (κ3) is 3.27. The van der Waals surface area contributed by atoms with Crippen LogP contribution in [-0.4, -0.2) is 25.0 Å². The summed E-state index contributed by atoms with van der Waals surface area (Å²) in [4.78, 5) is 18.4. The molecule has 0 unspecified atom stereocenters. The first-order valence-electron chi connectivity index (χ1n) is 6.19. The highest BCUT2D eigenvalue weighted by molar-refractivity contribution is 6.31. The van der Waals surface area contributed by atoms with Crippen molar-refractivity contribution in [2.24, 2.45) is 0 Å². The van der Waals surface area contributed by atoms with E-state index >= 15 is 0 Å². The van der Waals surface area contributed by atoms with Crippen LogP contribution in [0.25, 0.3) is 0 Å². The molecule has 0 radical (unpaired) electrons. The van der Waals surface area contributed by atoms with Gasteiger partial charge in [-0.05, 0) is 36.8 Å².